The standard InChI is InChI=1S/C23H28ClN5O3S/c1-4-7-18-21(10-9-17(23(18)30)20(5-2)26-31)32-12-6-13-33-22-11-8-16(14-19(22)24)29-15(3)25-27-28-29/h8-11,14,20,30H,4-7,12-13H2,1-3H3. The zero-order chi connectivity index (χ0) is 23.8. The first kappa shape index (κ1) is 25.0. The molecule has 0 saturated carbocycles. The van der Waals surface area contributed by atoms with Gasteiger partial charge >= 0.3 is 0 Å². The van der Waals surface area contributed by atoms with Crippen molar-refractivity contribution in [2.24, 2.45) is 5.18 Å². The molecular weight excluding hydrogens is 462 g/mol. The number of halogens is 1. The molecule has 0 fully saturated rings. The molecular formula is C23H28ClN5O3S. The van der Waals surface area contributed by atoms with E-state index < -0.39 is 6.04 Å². The van der Waals surface area contributed by atoms with Gasteiger partial charge in [-0.1, -0.05) is 37.0 Å². The molecule has 0 bridgehead atoms. The molecule has 3 rings (SSSR count). The van der Waals surface area contributed by atoms with Crippen LogP contribution in [0.3, 0.4) is 0 Å². The maximum atomic E-state index is 11.1. The zero-order valence-electron chi connectivity index (χ0n) is 19.0. The molecule has 0 amide bonds. The van der Waals surface area contributed by atoms with Crippen molar-refractivity contribution < 1.29 is 9.84 Å². The summed E-state index contributed by atoms with van der Waals surface area (Å²) in [6.45, 7) is 6.25. The molecule has 1 unspecified atom stereocenters. The van der Waals surface area contributed by atoms with Crippen LogP contribution in [0, 0.1) is 11.8 Å². The molecule has 176 valence electrons. The molecule has 0 radical (unpaired) electrons. The summed E-state index contributed by atoms with van der Waals surface area (Å²) in [6, 6.07) is 8.77. The molecule has 2 aromatic carbocycles. The lowest BCUT2D eigenvalue weighted by atomic mass is 9.98. The minimum Gasteiger partial charge on any atom is -0.507 e. The number of aromatic hydroxyl groups is 1. The van der Waals surface area contributed by atoms with E-state index in [-0.39, 0.29) is 5.75 Å². The monoisotopic (exact) mass is 489 g/mol. The van der Waals surface area contributed by atoms with Crippen LogP contribution < -0.4 is 4.74 Å². The minimum atomic E-state index is -0.549. The maximum absolute atomic E-state index is 11.1. The second kappa shape index (κ2) is 12.0. The fourth-order valence-corrected chi connectivity index (χ4v) is 4.70. The molecule has 1 aromatic heterocycles. The third kappa shape index (κ3) is 6.03. The largest absolute Gasteiger partial charge is 0.507 e. The lowest BCUT2D eigenvalue weighted by Gasteiger charge is -2.17. The van der Waals surface area contributed by atoms with Crippen molar-refractivity contribution in [1.29, 1.82) is 0 Å². The molecule has 3 aromatic rings. The first-order chi connectivity index (χ1) is 16.0. The van der Waals surface area contributed by atoms with Crippen molar-refractivity contribution in [3.05, 3.63) is 57.2 Å². The van der Waals surface area contributed by atoms with Crippen LogP contribution in [0.1, 0.15) is 56.1 Å². The van der Waals surface area contributed by atoms with Crippen LogP contribution in [0.2, 0.25) is 5.02 Å². The van der Waals surface area contributed by atoms with E-state index in [0.717, 1.165) is 34.7 Å². The Labute approximate surface area is 202 Å². The van der Waals surface area contributed by atoms with Crippen LogP contribution in [0.25, 0.3) is 5.69 Å². The molecule has 1 heterocycles. The van der Waals surface area contributed by atoms with Crippen molar-refractivity contribution in [3.8, 4) is 17.2 Å². The number of aryl methyl sites for hydroxylation is 1. The molecule has 1 N–H and O–H groups in total. The molecule has 8 nitrogen and oxygen atoms in total. The SMILES string of the molecule is CCCc1c(OCCCSc2ccc(-n3nnnc3C)cc2Cl)ccc(C(CC)N=O)c1O. The van der Waals surface area contributed by atoms with Gasteiger partial charge in [-0.25, -0.2) is 0 Å². The number of rotatable bonds is 12. The number of phenols is 1. The number of thioether (sulfide) groups is 1. The van der Waals surface area contributed by atoms with Gasteiger partial charge in [-0.3, -0.25) is 0 Å². The smallest absolute Gasteiger partial charge is 0.153 e. The Morgan fingerprint density at radius 2 is 2.09 bits per heavy atom. The normalized spacial score (nSPS) is 12.0. The van der Waals surface area contributed by atoms with Gasteiger partial charge in [0, 0.05) is 21.8 Å². The summed E-state index contributed by atoms with van der Waals surface area (Å²) in [4.78, 5) is 12.1. The Kier molecular flexibility index (Phi) is 9.08. The fraction of sp³-hybridized carbons (Fsp3) is 0.435. The van der Waals surface area contributed by atoms with E-state index in [0.29, 0.717) is 41.6 Å². The van der Waals surface area contributed by atoms with Gasteiger partial charge in [0.05, 0.1) is 17.3 Å². The Balaban J connectivity index is 1.57. The molecule has 0 aliphatic carbocycles. The molecule has 33 heavy (non-hydrogen) atoms. The Hall–Kier alpha value is -2.65. The summed E-state index contributed by atoms with van der Waals surface area (Å²) in [5, 5.41) is 26.0. The summed E-state index contributed by atoms with van der Waals surface area (Å²) in [5.74, 6) is 2.30. The number of phenolic OH excluding ortho intramolecular Hbond substituents is 1. The molecule has 0 spiro atoms. The number of nitrogens with zero attached hydrogens (tertiary/aromatic N) is 5. The average molecular weight is 490 g/mol. The quantitative estimate of drug-likeness (QED) is 0.187. The number of nitroso groups, excluding NO2 is 1. The molecule has 0 aliphatic rings. The van der Waals surface area contributed by atoms with E-state index in [1.54, 1.807) is 22.5 Å². The predicted molar refractivity (Wildman–Crippen MR) is 131 cm³/mol. The summed E-state index contributed by atoms with van der Waals surface area (Å²) in [6.07, 6.45) is 2.87. The fourth-order valence-electron chi connectivity index (χ4n) is 3.51. The van der Waals surface area contributed by atoms with Crippen molar-refractivity contribution >= 4 is 23.4 Å². The molecule has 0 aliphatic heterocycles. The number of hydrogen-bond acceptors (Lipinski definition) is 8. The molecule has 1 atom stereocenters. The van der Waals surface area contributed by atoms with Gasteiger partial charge in [0.2, 0.25) is 0 Å². The van der Waals surface area contributed by atoms with E-state index >= 15 is 0 Å². The summed E-state index contributed by atoms with van der Waals surface area (Å²) in [5.41, 5.74) is 2.12. The predicted octanol–water partition coefficient (Wildman–Crippen LogP) is 6.06. The van der Waals surface area contributed by atoms with Crippen LogP contribution in [0.5, 0.6) is 11.5 Å². The number of tetrazole rings is 1. The van der Waals surface area contributed by atoms with Crippen LogP contribution in [0.15, 0.2) is 40.4 Å². The highest BCUT2D eigenvalue weighted by Gasteiger charge is 2.19. The number of hydrogen-bond donors (Lipinski definition) is 1. The average Bonchev–Trinajstić information content (AvgIpc) is 3.24. The van der Waals surface area contributed by atoms with Crippen LogP contribution in [0.4, 0.5) is 0 Å². The van der Waals surface area contributed by atoms with Crippen molar-refractivity contribution in [3.63, 3.8) is 0 Å². The van der Waals surface area contributed by atoms with Crippen molar-refractivity contribution in [2.45, 2.75) is 57.4 Å². The number of benzene rings is 2. The Morgan fingerprint density at radius 3 is 2.73 bits per heavy atom. The van der Waals surface area contributed by atoms with Crippen LogP contribution >= 0.6 is 23.4 Å². The van der Waals surface area contributed by atoms with Gasteiger partial charge < -0.3 is 9.84 Å². The van der Waals surface area contributed by atoms with E-state index in [4.69, 9.17) is 16.3 Å². The van der Waals surface area contributed by atoms with Crippen molar-refractivity contribution in [2.75, 3.05) is 12.4 Å². The Bertz CT molecular complexity index is 1090. The number of aromatic nitrogens is 4. The number of ether oxygens (including phenoxy) is 1. The highest BCUT2D eigenvalue weighted by molar-refractivity contribution is 7.99. The van der Waals surface area contributed by atoms with Crippen molar-refractivity contribution in [1.82, 2.24) is 20.2 Å². The zero-order valence-corrected chi connectivity index (χ0v) is 20.6. The lowest BCUT2D eigenvalue weighted by molar-refractivity contribution is 0.312. The third-order valence-electron chi connectivity index (χ3n) is 5.23. The van der Waals surface area contributed by atoms with Gasteiger partial charge in [0.15, 0.2) is 5.82 Å². The van der Waals surface area contributed by atoms with E-state index in [1.165, 1.54) is 0 Å². The second-order valence-electron chi connectivity index (χ2n) is 7.56. The van der Waals surface area contributed by atoms with Gasteiger partial charge in [-0.15, -0.1) is 16.9 Å². The van der Waals surface area contributed by atoms with Gasteiger partial charge in [-0.05, 0) is 66.9 Å². The molecule has 10 heteroatoms. The highest BCUT2D eigenvalue weighted by atomic mass is 35.5. The third-order valence-corrected chi connectivity index (χ3v) is 6.82. The summed E-state index contributed by atoms with van der Waals surface area (Å²) < 4.78 is 7.62. The van der Waals surface area contributed by atoms with E-state index in [2.05, 4.69) is 20.7 Å². The van der Waals surface area contributed by atoms with E-state index in [9.17, 15) is 10.0 Å². The topological polar surface area (TPSA) is 102 Å². The lowest BCUT2D eigenvalue weighted by Crippen LogP contribution is -2.04. The van der Waals surface area contributed by atoms with E-state index in [1.807, 2.05) is 45.0 Å². The van der Waals surface area contributed by atoms with Gasteiger partial charge in [0.25, 0.3) is 0 Å². The van der Waals surface area contributed by atoms with Crippen LogP contribution in [-0.2, 0) is 6.42 Å². The second-order valence-corrected chi connectivity index (χ2v) is 9.11. The maximum Gasteiger partial charge on any atom is 0.153 e. The molecule has 0 saturated heterocycles. The first-order valence-electron chi connectivity index (χ1n) is 11.0. The summed E-state index contributed by atoms with van der Waals surface area (Å²) >= 11 is 8.11. The first-order valence-corrected chi connectivity index (χ1v) is 12.3. The summed E-state index contributed by atoms with van der Waals surface area (Å²) in [7, 11) is 0. The van der Waals surface area contributed by atoms with Gasteiger partial charge in [-0.2, -0.15) is 9.59 Å². The Morgan fingerprint density at radius 1 is 1.27 bits per heavy atom. The van der Waals surface area contributed by atoms with Crippen LogP contribution in [-0.4, -0.2) is 37.7 Å². The van der Waals surface area contributed by atoms with Gasteiger partial charge in [0.1, 0.15) is 17.5 Å². The minimum absolute atomic E-state index is 0.125. The highest BCUT2D eigenvalue weighted by Crippen LogP contribution is 2.38.